The van der Waals surface area contributed by atoms with E-state index < -0.39 is 0 Å². The van der Waals surface area contributed by atoms with Crippen LogP contribution >= 0.6 is 27.3 Å². The van der Waals surface area contributed by atoms with Crippen LogP contribution in [0.3, 0.4) is 0 Å². The smallest absolute Gasteiger partial charge is 0.254 e. The molecule has 0 radical (unpaired) electrons. The number of hydrogen-bond acceptors (Lipinski definition) is 3. The molecule has 0 atom stereocenters. The van der Waals surface area contributed by atoms with Crippen LogP contribution in [0.4, 0.5) is 0 Å². The largest absolute Gasteiger partial charge is 0.380 e. The lowest BCUT2D eigenvalue weighted by Crippen LogP contribution is -2.33. The fraction of sp³-hybridized carbons (Fsp3) is 0.545. The van der Waals surface area contributed by atoms with E-state index in [1.54, 1.807) is 4.90 Å². The average Bonchev–Trinajstić information content (AvgIpc) is 2.70. The van der Waals surface area contributed by atoms with Crippen molar-refractivity contribution in [1.82, 2.24) is 4.90 Å². The quantitative estimate of drug-likeness (QED) is 0.756. The van der Waals surface area contributed by atoms with Gasteiger partial charge >= 0.3 is 0 Å². The molecule has 0 bridgehead atoms. The third-order valence-electron chi connectivity index (χ3n) is 2.19. The highest BCUT2D eigenvalue weighted by Gasteiger charge is 2.14. The van der Waals surface area contributed by atoms with E-state index in [0.29, 0.717) is 26.3 Å². The Hall–Kier alpha value is -0.390. The molecule has 0 fully saturated rings. The van der Waals surface area contributed by atoms with Gasteiger partial charge in [-0.2, -0.15) is 0 Å². The Bertz CT molecular complexity index is 340. The highest BCUT2D eigenvalue weighted by atomic mass is 79.9. The zero-order valence-corrected chi connectivity index (χ0v) is 11.9. The van der Waals surface area contributed by atoms with Crippen LogP contribution in [-0.2, 0) is 4.74 Å². The minimum Gasteiger partial charge on any atom is -0.380 e. The van der Waals surface area contributed by atoms with Crippen molar-refractivity contribution in [2.45, 2.75) is 13.8 Å². The monoisotopic (exact) mass is 305 g/mol. The van der Waals surface area contributed by atoms with Gasteiger partial charge in [0.25, 0.3) is 5.91 Å². The van der Waals surface area contributed by atoms with Crippen molar-refractivity contribution in [2.24, 2.45) is 0 Å². The lowest BCUT2D eigenvalue weighted by atomic mass is 10.3. The fourth-order valence-corrected chi connectivity index (χ4v) is 2.46. The topological polar surface area (TPSA) is 29.5 Å². The summed E-state index contributed by atoms with van der Waals surface area (Å²) in [6, 6.07) is 1.86. The molecular weight excluding hydrogens is 290 g/mol. The van der Waals surface area contributed by atoms with E-state index in [9.17, 15) is 4.79 Å². The Morgan fingerprint density at radius 2 is 2.31 bits per heavy atom. The summed E-state index contributed by atoms with van der Waals surface area (Å²) >= 11 is 4.89. The van der Waals surface area contributed by atoms with Crippen molar-refractivity contribution in [2.75, 3.05) is 26.3 Å². The van der Waals surface area contributed by atoms with Crippen LogP contribution in [0.5, 0.6) is 0 Å². The predicted molar refractivity (Wildman–Crippen MR) is 70.1 cm³/mol. The highest BCUT2D eigenvalue weighted by Crippen LogP contribution is 2.21. The molecule has 1 aromatic heterocycles. The minimum atomic E-state index is 0.0733. The van der Waals surface area contributed by atoms with Crippen LogP contribution in [0.25, 0.3) is 0 Å². The van der Waals surface area contributed by atoms with Gasteiger partial charge in [-0.15, -0.1) is 11.3 Å². The Morgan fingerprint density at radius 3 is 2.81 bits per heavy atom. The van der Waals surface area contributed by atoms with E-state index in [2.05, 4.69) is 15.9 Å². The molecule has 90 valence electrons. The van der Waals surface area contributed by atoms with E-state index in [1.807, 2.05) is 25.3 Å². The molecule has 1 rings (SSSR count). The molecule has 0 aliphatic heterocycles. The summed E-state index contributed by atoms with van der Waals surface area (Å²) in [5, 5.41) is 1.87. The summed E-state index contributed by atoms with van der Waals surface area (Å²) < 4.78 is 6.24. The van der Waals surface area contributed by atoms with Gasteiger partial charge in [0.15, 0.2) is 0 Å². The molecule has 1 heterocycles. The third-order valence-corrected chi connectivity index (χ3v) is 3.70. The molecule has 0 unspecified atom stereocenters. The van der Waals surface area contributed by atoms with Gasteiger partial charge < -0.3 is 9.64 Å². The van der Waals surface area contributed by atoms with Crippen molar-refractivity contribution in [3.05, 3.63) is 20.8 Å². The van der Waals surface area contributed by atoms with Crippen LogP contribution < -0.4 is 0 Å². The Balaban J connectivity index is 2.55. The first kappa shape index (κ1) is 13.7. The Kier molecular flexibility index (Phi) is 6.01. The van der Waals surface area contributed by atoms with Crippen LogP contribution in [-0.4, -0.2) is 37.1 Å². The zero-order chi connectivity index (χ0) is 12.0. The number of hydrogen-bond donors (Lipinski definition) is 0. The molecule has 3 nitrogen and oxygen atoms in total. The lowest BCUT2D eigenvalue weighted by molar-refractivity contribution is 0.0669. The number of carbonyl (C=O) groups is 1. The van der Waals surface area contributed by atoms with Crippen LogP contribution in [0, 0.1) is 0 Å². The van der Waals surface area contributed by atoms with Crippen LogP contribution in [0.1, 0.15) is 24.2 Å². The van der Waals surface area contributed by atoms with Gasteiger partial charge in [0, 0.05) is 25.1 Å². The highest BCUT2D eigenvalue weighted by molar-refractivity contribution is 9.11. The van der Waals surface area contributed by atoms with Crippen molar-refractivity contribution < 1.29 is 9.53 Å². The Morgan fingerprint density at radius 1 is 1.56 bits per heavy atom. The molecule has 16 heavy (non-hydrogen) atoms. The van der Waals surface area contributed by atoms with Crippen molar-refractivity contribution >= 4 is 33.2 Å². The summed E-state index contributed by atoms with van der Waals surface area (Å²) in [5.74, 6) is 0.0733. The van der Waals surface area contributed by atoms with Gasteiger partial charge in [-0.25, -0.2) is 0 Å². The maximum atomic E-state index is 12.0. The molecule has 0 saturated carbocycles. The molecule has 0 aliphatic carbocycles. The van der Waals surface area contributed by atoms with Gasteiger partial charge in [-0.1, -0.05) is 0 Å². The first-order valence-corrected chi connectivity index (χ1v) is 6.97. The summed E-state index contributed by atoms with van der Waals surface area (Å²) in [6.07, 6.45) is 0. The fourth-order valence-electron chi connectivity index (χ4n) is 1.33. The number of amides is 1. The van der Waals surface area contributed by atoms with Gasteiger partial charge in [0.1, 0.15) is 0 Å². The SMILES string of the molecule is CCOCCN(CC)C(=O)c1csc(Br)c1. The van der Waals surface area contributed by atoms with Crippen molar-refractivity contribution in [1.29, 1.82) is 0 Å². The molecule has 0 aliphatic rings. The first-order valence-electron chi connectivity index (χ1n) is 5.30. The van der Waals surface area contributed by atoms with Crippen LogP contribution in [0.2, 0.25) is 0 Å². The number of ether oxygens (including phenoxy) is 1. The standard InChI is InChI=1S/C11H16BrNO2S/c1-3-13(5-6-15-4-2)11(14)9-7-10(12)16-8-9/h7-8H,3-6H2,1-2H3. The van der Waals surface area contributed by atoms with Gasteiger partial charge in [0.05, 0.1) is 16.0 Å². The number of thiophene rings is 1. The second-order valence-electron chi connectivity index (χ2n) is 3.22. The third kappa shape index (κ3) is 3.88. The minimum absolute atomic E-state index is 0.0733. The van der Waals surface area contributed by atoms with Gasteiger partial charge in [-0.05, 0) is 35.8 Å². The van der Waals surface area contributed by atoms with Crippen molar-refractivity contribution in [3.63, 3.8) is 0 Å². The van der Waals surface area contributed by atoms with E-state index in [-0.39, 0.29) is 5.91 Å². The summed E-state index contributed by atoms with van der Waals surface area (Å²) in [4.78, 5) is 13.8. The first-order chi connectivity index (χ1) is 7.69. The molecule has 0 saturated heterocycles. The molecule has 1 amide bonds. The second kappa shape index (κ2) is 7.04. The second-order valence-corrected chi connectivity index (χ2v) is 5.51. The maximum absolute atomic E-state index is 12.0. The Labute approximate surface area is 109 Å². The van der Waals surface area contributed by atoms with E-state index in [1.165, 1.54) is 11.3 Å². The van der Waals surface area contributed by atoms with E-state index in [4.69, 9.17) is 4.74 Å². The molecule has 0 aromatic carbocycles. The summed E-state index contributed by atoms with van der Waals surface area (Å²) in [5.41, 5.74) is 0.746. The number of nitrogens with zero attached hydrogens (tertiary/aromatic N) is 1. The number of carbonyl (C=O) groups excluding carboxylic acids is 1. The molecule has 1 aromatic rings. The van der Waals surface area contributed by atoms with Crippen LogP contribution in [0.15, 0.2) is 15.2 Å². The number of likely N-dealkylation sites (N-methyl/N-ethyl adjacent to an activating group) is 1. The molecule has 0 N–H and O–H groups in total. The van der Waals surface area contributed by atoms with E-state index >= 15 is 0 Å². The molecular formula is C11H16BrNO2S. The number of rotatable bonds is 6. The normalized spacial score (nSPS) is 10.4. The average molecular weight is 306 g/mol. The van der Waals surface area contributed by atoms with E-state index in [0.717, 1.165) is 9.35 Å². The molecule has 0 spiro atoms. The number of halogens is 1. The summed E-state index contributed by atoms with van der Waals surface area (Å²) in [7, 11) is 0. The van der Waals surface area contributed by atoms with Crippen molar-refractivity contribution in [3.8, 4) is 0 Å². The van der Waals surface area contributed by atoms with Gasteiger partial charge in [0.2, 0.25) is 0 Å². The zero-order valence-electron chi connectivity index (χ0n) is 9.53. The predicted octanol–water partition coefficient (Wildman–Crippen LogP) is 3.01. The molecule has 5 heteroatoms. The van der Waals surface area contributed by atoms with Gasteiger partial charge in [-0.3, -0.25) is 4.79 Å². The lowest BCUT2D eigenvalue weighted by Gasteiger charge is -2.19. The maximum Gasteiger partial charge on any atom is 0.254 e. The summed E-state index contributed by atoms with van der Waals surface area (Å²) in [6.45, 7) is 6.58.